The number of halogens is 3. The lowest BCUT2D eigenvalue weighted by atomic mass is 9.81. The molecule has 11 nitrogen and oxygen atoms in total. The minimum atomic E-state index is -4.15. The first-order chi connectivity index (χ1) is 28.3. The average molecular weight is 836 g/mol. The van der Waals surface area contributed by atoms with Crippen LogP contribution in [0.25, 0.3) is 0 Å². The Morgan fingerprint density at radius 1 is 0.746 bits per heavy atom. The maximum atomic E-state index is 14.3. The monoisotopic (exact) mass is 835 g/mol. The summed E-state index contributed by atoms with van der Waals surface area (Å²) in [4.78, 5) is 16.4. The van der Waals surface area contributed by atoms with E-state index in [1.807, 2.05) is 0 Å². The van der Waals surface area contributed by atoms with E-state index in [1.165, 1.54) is 0 Å². The molecule has 0 radical (unpaired) electrons. The van der Waals surface area contributed by atoms with E-state index in [4.69, 9.17) is 42.6 Å². The zero-order valence-corrected chi connectivity index (χ0v) is 34.7. The van der Waals surface area contributed by atoms with Crippen LogP contribution >= 0.6 is 0 Å². The van der Waals surface area contributed by atoms with Crippen LogP contribution in [0.4, 0.5) is 13.2 Å². The largest absolute Gasteiger partial charge is 0.391 e. The van der Waals surface area contributed by atoms with E-state index in [0.29, 0.717) is 51.7 Å². The number of carbonyl (C=O) groups is 1. The second kappa shape index (κ2) is 16.3. The van der Waals surface area contributed by atoms with Crippen LogP contribution in [-0.4, -0.2) is 141 Å². The lowest BCUT2D eigenvalue weighted by molar-refractivity contribution is -0.292. The average Bonchev–Trinajstić information content (AvgIpc) is 3.88. The third-order valence-electron chi connectivity index (χ3n) is 16.0. The van der Waals surface area contributed by atoms with Crippen LogP contribution in [-0.2, 0) is 47.4 Å². The lowest BCUT2D eigenvalue weighted by Crippen LogP contribution is -2.61. The Balaban J connectivity index is 0.890. The number of methoxy groups -OCH3 is 1. The summed E-state index contributed by atoms with van der Waals surface area (Å²) < 4.78 is 101. The minimum absolute atomic E-state index is 0.0133. The number of fused-ring (bicyclic) bond motifs is 6. The molecule has 11 aliphatic rings. The van der Waals surface area contributed by atoms with Crippen LogP contribution in [0.5, 0.6) is 0 Å². The highest BCUT2D eigenvalue weighted by atomic mass is 19.4. The Kier molecular flexibility index (Phi) is 11.5. The quantitative estimate of drug-likeness (QED) is 0.295. The Morgan fingerprint density at radius 3 is 2.27 bits per heavy atom. The van der Waals surface area contributed by atoms with Gasteiger partial charge in [-0.15, -0.1) is 0 Å². The van der Waals surface area contributed by atoms with Gasteiger partial charge in [0, 0.05) is 51.7 Å². The number of alkyl halides is 3. The summed E-state index contributed by atoms with van der Waals surface area (Å²) in [6, 6.07) is 0. The number of Topliss-reactive ketones (excluding diaryl/α,β-unsaturated/α-hetero) is 1. The number of hydrogen-bond donors (Lipinski definition) is 0. The molecule has 0 aromatic carbocycles. The summed E-state index contributed by atoms with van der Waals surface area (Å²) in [6.07, 6.45) is 1.41. The van der Waals surface area contributed by atoms with Crippen molar-refractivity contribution in [3.8, 4) is 0 Å². The van der Waals surface area contributed by atoms with Crippen molar-refractivity contribution in [1.82, 2.24) is 4.90 Å². The number of rotatable bonds is 4. The molecule has 11 heterocycles. The summed E-state index contributed by atoms with van der Waals surface area (Å²) >= 11 is 0. The van der Waals surface area contributed by atoms with Crippen molar-refractivity contribution < 1.29 is 60.6 Å². The van der Waals surface area contributed by atoms with Gasteiger partial charge in [0.2, 0.25) is 0 Å². The van der Waals surface area contributed by atoms with Crippen molar-refractivity contribution in [1.29, 1.82) is 0 Å². The van der Waals surface area contributed by atoms with Crippen molar-refractivity contribution in [2.24, 2.45) is 17.8 Å². The number of likely N-dealkylation sites (tertiary alicyclic amines) is 1. The molecule has 11 saturated heterocycles. The van der Waals surface area contributed by atoms with Crippen LogP contribution in [0.15, 0.2) is 24.3 Å². The predicted molar refractivity (Wildman–Crippen MR) is 206 cm³/mol. The summed E-state index contributed by atoms with van der Waals surface area (Å²) in [7, 11) is 1.67. The molecule has 1 spiro atoms. The summed E-state index contributed by atoms with van der Waals surface area (Å²) in [5.74, 6) is -1.95. The van der Waals surface area contributed by atoms with Gasteiger partial charge in [-0.2, -0.15) is 13.2 Å². The molecule has 11 aliphatic heterocycles. The molecule has 18 atom stereocenters. The molecule has 0 unspecified atom stereocenters. The second-order valence-corrected chi connectivity index (χ2v) is 19.7. The smallest absolute Gasteiger partial charge is 0.378 e. The summed E-state index contributed by atoms with van der Waals surface area (Å²) in [6.45, 7) is 12.6. The van der Waals surface area contributed by atoms with Gasteiger partial charge in [0.1, 0.15) is 36.3 Å². The predicted octanol–water partition coefficient (Wildman–Crippen LogP) is 6.39. The molecule has 0 aliphatic carbocycles. The topological polar surface area (TPSA) is 103 Å². The van der Waals surface area contributed by atoms with Gasteiger partial charge in [-0.05, 0) is 94.4 Å². The van der Waals surface area contributed by atoms with Gasteiger partial charge < -0.3 is 47.5 Å². The zero-order chi connectivity index (χ0) is 40.8. The molecule has 0 saturated carbocycles. The fraction of sp³-hybridized carbons (Fsp3) is 0.889. The van der Waals surface area contributed by atoms with Crippen LogP contribution < -0.4 is 0 Å². The van der Waals surface area contributed by atoms with Gasteiger partial charge in [-0.25, -0.2) is 0 Å². The number of ether oxygens (including phenoxy) is 9. The van der Waals surface area contributed by atoms with Gasteiger partial charge in [-0.1, -0.05) is 20.1 Å². The van der Waals surface area contributed by atoms with E-state index < -0.39 is 17.9 Å². The summed E-state index contributed by atoms with van der Waals surface area (Å²) in [5.41, 5.74) is 2.16. The molecule has 11 rings (SSSR count). The molecule has 11 fully saturated rings. The number of carbonyl (C=O) groups excluding carboxylic acids is 1. The number of nitrogens with zero attached hydrogens (tertiary/aromatic N) is 1. The third kappa shape index (κ3) is 8.05. The number of hydrogen-bond acceptors (Lipinski definition) is 11. The highest BCUT2D eigenvalue weighted by molar-refractivity contribution is 5.79. The van der Waals surface area contributed by atoms with Crippen molar-refractivity contribution in [3.63, 3.8) is 0 Å². The van der Waals surface area contributed by atoms with Crippen molar-refractivity contribution in [3.05, 3.63) is 24.3 Å². The molecular formula is C45H64F3NO10. The van der Waals surface area contributed by atoms with Crippen molar-refractivity contribution in [2.45, 2.75) is 207 Å². The second-order valence-electron chi connectivity index (χ2n) is 19.7. The van der Waals surface area contributed by atoms with Crippen LogP contribution in [0.3, 0.4) is 0 Å². The Hall–Kier alpha value is -1.46. The number of ketones is 1. The SMILES string of the molecule is C=C1C[C@@H]2CC[C@@]34C[C@H]5O[C@H]6[C@@H](O3)[C@H]3O[C@H](CC[C@@H]3O[C@H]6[C@H]5O4)CC(=O)C[C@@H]3[C@@H](OC)[C@@H](CCN4CCC(C(F)(F)F)CC4)O[C@H]3C[C@H]3O[C@@H](CC[C@@H]1O2)C[C@@H](C)C3=C. The Bertz CT molecular complexity index is 1590. The molecule has 59 heavy (non-hydrogen) atoms. The lowest BCUT2D eigenvalue weighted by Gasteiger charge is -2.47. The normalized spacial score (nSPS) is 49.6. The molecule has 0 N–H and O–H groups in total. The minimum Gasteiger partial charge on any atom is -0.378 e. The van der Waals surface area contributed by atoms with E-state index in [1.54, 1.807) is 7.11 Å². The Labute approximate surface area is 346 Å². The van der Waals surface area contributed by atoms with Gasteiger partial charge in [0.25, 0.3) is 0 Å². The van der Waals surface area contributed by atoms with Gasteiger partial charge in [0.05, 0.1) is 67.0 Å². The van der Waals surface area contributed by atoms with Gasteiger partial charge >= 0.3 is 6.18 Å². The first-order valence-corrected chi connectivity index (χ1v) is 22.8. The molecule has 0 amide bonds. The fourth-order valence-electron chi connectivity index (χ4n) is 12.8. The highest BCUT2D eigenvalue weighted by Crippen LogP contribution is 2.54. The molecule has 0 aromatic rings. The maximum Gasteiger partial charge on any atom is 0.391 e. The van der Waals surface area contributed by atoms with Crippen molar-refractivity contribution in [2.75, 3.05) is 26.7 Å². The van der Waals surface area contributed by atoms with E-state index >= 15 is 0 Å². The first-order valence-electron chi connectivity index (χ1n) is 22.8. The van der Waals surface area contributed by atoms with Crippen molar-refractivity contribution >= 4 is 5.78 Å². The van der Waals surface area contributed by atoms with Gasteiger partial charge in [0.15, 0.2) is 5.79 Å². The zero-order valence-electron chi connectivity index (χ0n) is 34.7. The van der Waals surface area contributed by atoms with Gasteiger partial charge in [-0.3, -0.25) is 4.79 Å². The fourth-order valence-corrected chi connectivity index (χ4v) is 12.8. The van der Waals surface area contributed by atoms with E-state index in [0.717, 1.165) is 49.7 Å². The standard InChI is InChI=1S/C45H64F3NO10/c1-23-17-28-5-7-32-24(2)18-30(52-32)9-13-44-22-37-40(58-44)41-42(57-37)43(59-44)39-33(56-41)8-6-29(54-39)19-27(50)20-31-36(21-35(53-28)25(23)3)55-34(38(31)51-4)12-16-49-14-10-26(11-15-49)45(46,47)48/h23,26,28-43H,2-3,5-22H2,1,4H3/t23-,28+,29-,30+,31+,32+,33+,34-,35-,36+,37-,38-,39+,40+,41+,42-,43+,44+/m1/s1. The summed E-state index contributed by atoms with van der Waals surface area (Å²) in [5, 5.41) is 0. The molecule has 0 aromatic heterocycles. The third-order valence-corrected chi connectivity index (χ3v) is 16.0. The van der Waals surface area contributed by atoms with Crippen LogP contribution in [0, 0.1) is 17.8 Å². The van der Waals surface area contributed by atoms with E-state index in [2.05, 4.69) is 25.0 Å². The van der Waals surface area contributed by atoms with E-state index in [-0.39, 0.29) is 135 Å². The molecule has 330 valence electrons. The van der Waals surface area contributed by atoms with E-state index in [9.17, 15) is 18.0 Å². The molecular weight excluding hydrogens is 771 g/mol. The first kappa shape index (κ1) is 41.5. The maximum absolute atomic E-state index is 14.3. The van der Waals surface area contributed by atoms with Crippen LogP contribution in [0.2, 0.25) is 0 Å². The Morgan fingerprint density at radius 2 is 1.47 bits per heavy atom. The number of piperidine rings is 1. The molecule has 14 heteroatoms. The van der Waals surface area contributed by atoms with Crippen LogP contribution in [0.1, 0.15) is 103 Å². The highest BCUT2D eigenvalue weighted by Gasteiger charge is 2.69. The molecule has 12 bridgehead atoms.